The number of hydrogen-bond acceptors (Lipinski definition) is 7. The number of amidine groups is 1. The first-order chi connectivity index (χ1) is 14.3. The third-order valence-corrected chi connectivity index (χ3v) is 4.05. The van der Waals surface area contributed by atoms with Crippen LogP contribution in [0, 0.1) is 5.82 Å². The Balaban J connectivity index is 2.05. The highest BCUT2D eigenvalue weighted by Gasteiger charge is 2.24. The summed E-state index contributed by atoms with van der Waals surface area (Å²) >= 11 is 0. The zero-order valence-electron chi connectivity index (χ0n) is 15.9. The number of carbonyl (C=O) groups is 2. The molecule has 12 heteroatoms. The molecule has 30 heavy (non-hydrogen) atoms. The maximum Gasteiger partial charge on any atom is 0.413 e. The third-order valence-electron chi connectivity index (χ3n) is 4.05. The second kappa shape index (κ2) is 8.43. The number of carboxylic acid groups (broad SMARTS) is 1. The van der Waals surface area contributed by atoms with Crippen molar-refractivity contribution in [2.75, 3.05) is 12.0 Å². The molecule has 2 heterocycles. The lowest BCUT2D eigenvalue weighted by atomic mass is 10.1. The topological polar surface area (TPSA) is 145 Å². The Morgan fingerprint density at radius 2 is 2.10 bits per heavy atom. The number of nitrogens with zero attached hydrogens (tertiary/aromatic N) is 5. The quantitative estimate of drug-likeness (QED) is 0.269. The van der Waals surface area contributed by atoms with E-state index in [0.29, 0.717) is 0 Å². The van der Waals surface area contributed by atoms with E-state index in [1.54, 1.807) is 0 Å². The van der Waals surface area contributed by atoms with Gasteiger partial charge in [-0.2, -0.15) is 0 Å². The number of rotatable bonds is 6. The summed E-state index contributed by atoms with van der Waals surface area (Å²) in [7, 11) is 1.35. The average molecular weight is 416 g/mol. The number of halogens is 1. The van der Waals surface area contributed by atoms with Gasteiger partial charge in [-0.05, 0) is 31.2 Å². The Kier molecular flexibility index (Phi) is 5.76. The lowest BCUT2D eigenvalue weighted by molar-refractivity contribution is 0.0517. The number of benzene rings is 1. The molecule has 3 N–H and O–H groups in total. The SMILES string of the molecule is COc1cccc(F)c1CN(C(=O)O)c1ccc(C(=O)O/N=C(/C)N)c2nncn12. The van der Waals surface area contributed by atoms with Crippen LogP contribution in [0.15, 0.2) is 41.8 Å². The van der Waals surface area contributed by atoms with Crippen LogP contribution in [0.1, 0.15) is 22.8 Å². The van der Waals surface area contributed by atoms with Crippen LogP contribution in [0.25, 0.3) is 5.65 Å². The summed E-state index contributed by atoms with van der Waals surface area (Å²) in [5.74, 6) is -1.19. The minimum Gasteiger partial charge on any atom is -0.496 e. The van der Waals surface area contributed by atoms with Crippen molar-refractivity contribution in [1.82, 2.24) is 14.6 Å². The zero-order valence-corrected chi connectivity index (χ0v) is 15.9. The maximum absolute atomic E-state index is 14.3. The number of hydrogen-bond donors (Lipinski definition) is 2. The first kappa shape index (κ1) is 20.5. The van der Waals surface area contributed by atoms with Crippen molar-refractivity contribution in [3.8, 4) is 5.75 Å². The molecule has 0 fully saturated rings. The molecular formula is C18H17FN6O5. The van der Waals surface area contributed by atoms with Gasteiger partial charge in [0.25, 0.3) is 0 Å². The van der Waals surface area contributed by atoms with Crippen molar-refractivity contribution >= 4 is 29.4 Å². The van der Waals surface area contributed by atoms with E-state index >= 15 is 0 Å². The largest absolute Gasteiger partial charge is 0.496 e. The van der Waals surface area contributed by atoms with Crippen LogP contribution in [-0.2, 0) is 11.4 Å². The summed E-state index contributed by atoms with van der Waals surface area (Å²) in [6, 6.07) is 6.81. The van der Waals surface area contributed by atoms with Gasteiger partial charge in [-0.25, -0.2) is 14.0 Å². The summed E-state index contributed by atoms with van der Waals surface area (Å²) in [5.41, 5.74) is 5.39. The van der Waals surface area contributed by atoms with Gasteiger partial charge in [0, 0.05) is 5.56 Å². The molecule has 2 aromatic heterocycles. The van der Waals surface area contributed by atoms with Gasteiger partial charge in [0.2, 0.25) is 0 Å². The molecule has 0 saturated carbocycles. The van der Waals surface area contributed by atoms with E-state index in [-0.39, 0.29) is 40.7 Å². The highest BCUT2D eigenvalue weighted by Crippen LogP contribution is 2.27. The monoisotopic (exact) mass is 416 g/mol. The van der Waals surface area contributed by atoms with E-state index < -0.39 is 17.9 Å². The molecular weight excluding hydrogens is 399 g/mol. The fourth-order valence-electron chi connectivity index (χ4n) is 2.73. The van der Waals surface area contributed by atoms with Crippen molar-refractivity contribution in [3.05, 3.63) is 53.6 Å². The molecule has 0 bridgehead atoms. The van der Waals surface area contributed by atoms with E-state index in [0.717, 1.165) is 4.90 Å². The molecule has 11 nitrogen and oxygen atoms in total. The van der Waals surface area contributed by atoms with Crippen molar-refractivity contribution in [2.45, 2.75) is 13.5 Å². The molecule has 3 rings (SSSR count). The highest BCUT2D eigenvalue weighted by atomic mass is 19.1. The maximum atomic E-state index is 14.3. The average Bonchev–Trinajstić information content (AvgIpc) is 3.20. The number of pyridine rings is 1. The predicted molar refractivity (Wildman–Crippen MR) is 103 cm³/mol. The van der Waals surface area contributed by atoms with Gasteiger partial charge >= 0.3 is 12.1 Å². The second-order valence-electron chi connectivity index (χ2n) is 6.03. The molecule has 0 atom stereocenters. The van der Waals surface area contributed by atoms with Crippen molar-refractivity contribution in [2.24, 2.45) is 10.9 Å². The van der Waals surface area contributed by atoms with Crippen LogP contribution >= 0.6 is 0 Å². The number of ether oxygens (including phenoxy) is 1. The zero-order chi connectivity index (χ0) is 21.8. The summed E-state index contributed by atoms with van der Waals surface area (Å²) in [5, 5.41) is 20.7. The van der Waals surface area contributed by atoms with Gasteiger partial charge in [0.1, 0.15) is 35.1 Å². The Bertz CT molecular complexity index is 1140. The second-order valence-corrected chi connectivity index (χ2v) is 6.03. The van der Waals surface area contributed by atoms with Gasteiger partial charge in [0.15, 0.2) is 5.65 Å². The fraction of sp³-hybridized carbons (Fsp3) is 0.167. The minimum absolute atomic E-state index is 0.0185. The minimum atomic E-state index is -1.37. The van der Waals surface area contributed by atoms with Gasteiger partial charge in [-0.15, -0.1) is 10.2 Å². The molecule has 0 radical (unpaired) electrons. The number of amides is 1. The van der Waals surface area contributed by atoms with E-state index in [4.69, 9.17) is 15.3 Å². The van der Waals surface area contributed by atoms with Gasteiger partial charge in [0.05, 0.1) is 13.7 Å². The first-order valence-corrected chi connectivity index (χ1v) is 8.49. The number of oxime groups is 1. The summed E-state index contributed by atoms with van der Waals surface area (Å²) < 4.78 is 20.7. The normalized spacial score (nSPS) is 11.4. The van der Waals surface area contributed by atoms with E-state index in [9.17, 15) is 19.1 Å². The molecule has 1 amide bonds. The van der Waals surface area contributed by atoms with Crippen molar-refractivity contribution < 1.29 is 28.7 Å². The molecule has 0 aliphatic rings. The highest BCUT2D eigenvalue weighted by molar-refractivity contribution is 5.97. The molecule has 0 saturated heterocycles. The third kappa shape index (κ3) is 3.97. The van der Waals surface area contributed by atoms with E-state index in [1.807, 2.05) is 0 Å². The summed E-state index contributed by atoms with van der Waals surface area (Å²) in [4.78, 5) is 29.8. The molecule has 1 aromatic carbocycles. The summed E-state index contributed by atoms with van der Waals surface area (Å²) in [6.45, 7) is 1.07. The molecule has 0 unspecified atom stereocenters. The molecule has 0 spiro atoms. The molecule has 0 aliphatic heterocycles. The number of aromatic nitrogens is 3. The fourth-order valence-corrected chi connectivity index (χ4v) is 2.73. The van der Waals surface area contributed by atoms with Gasteiger partial charge in [-0.1, -0.05) is 11.2 Å². The van der Waals surface area contributed by atoms with Crippen LogP contribution in [0.3, 0.4) is 0 Å². The van der Waals surface area contributed by atoms with E-state index in [2.05, 4.69) is 15.4 Å². The number of methoxy groups -OCH3 is 1. The summed E-state index contributed by atoms with van der Waals surface area (Å²) in [6.07, 6.45) is -0.151. The standard InChI is InChI=1S/C18H17FN6O5/c1-10(20)23-30-17(26)11-6-7-15(25-9-21-22-16(11)25)24(18(27)28)8-12-13(19)4-3-5-14(12)29-2/h3-7,9H,8H2,1-2H3,(H2,20,23)(H,27,28). The number of anilines is 1. The lowest BCUT2D eigenvalue weighted by Crippen LogP contribution is -2.31. The van der Waals surface area contributed by atoms with Crippen LogP contribution in [0.2, 0.25) is 0 Å². The van der Waals surface area contributed by atoms with Crippen LogP contribution in [0.4, 0.5) is 15.0 Å². The number of nitrogens with two attached hydrogens (primary N) is 1. The predicted octanol–water partition coefficient (Wildman–Crippen LogP) is 2.01. The van der Waals surface area contributed by atoms with Crippen molar-refractivity contribution in [3.63, 3.8) is 0 Å². The Morgan fingerprint density at radius 3 is 2.77 bits per heavy atom. The first-order valence-electron chi connectivity index (χ1n) is 8.49. The molecule has 0 aliphatic carbocycles. The van der Waals surface area contributed by atoms with Gasteiger partial charge in [-0.3, -0.25) is 9.30 Å². The Labute approximate surface area is 169 Å². The van der Waals surface area contributed by atoms with Crippen molar-refractivity contribution in [1.29, 1.82) is 0 Å². The van der Waals surface area contributed by atoms with Gasteiger partial charge < -0.3 is 20.4 Å². The Hall–Kier alpha value is -4.22. The van der Waals surface area contributed by atoms with Crippen LogP contribution in [0.5, 0.6) is 5.75 Å². The van der Waals surface area contributed by atoms with Crippen LogP contribution < -0.4 is 15.4 Å². The number of fused-ring (bicyclic) bond motifs is 1. The number of carbonyl (C=O) groups excluding carboxylic acids is 1. The van der Waals surface area contributed by atoms with E-state index in [1.165, 1.54) is 55.1 Å². The molecule has 156 valence electrons. The smallest absolute Gasteiger partial charge is 0.413 e. The Morgan fingerprint density at radius 1 is 1.33 bits per heavy atom. The van der Waals surface area contributed by atoms with Crippen LogP contribution in [-0.4, -0.2) is 44.7 Å². The molecule has 3 aromatic rings. The lowest BCUT2D eigenvalue weighted by Gasteiger charge is -2.22.